The van der Waals surface area contributed by atoms with E-state index in [1.165, 1.54) is 11.8 Å². The van der Waals surface area contributed by atoms with E-state index in [1.807, 2.05) is 0 Å². The third-order valence-electron chi connectivity index (χ3n) is 4.24. The van der Waals surface area contributed by atoms with Crippen LogP contribution in [0.3, 0.4) is 0 Å². The first kappa shape index (κ1) is 21.0. The minimum absolute atomic E-state index is 0.128. The molecule has 1 aromatic carbocycles. The van der Waals surface area contributed by atoms with E-state index in [0.29, 0.717) is 30.4 Å². The van der Waals surface area contributed by atoms with Gasteiger partial charge in [0.25, 0.3) is 0 Å². The van der Waals surface area contributed by atoms with Gasteiger partial charge in [0.15, 0.2) is 21.3 Å². The van der Waals surface area contributed by atoms with Crippen LogP contribution < -0.4 is 14.8 Å². The summed E-state index contributed by atoms with van der Waals surface area (Å²) in [5.41, 5.74) is 0.439. The number of anilines is 1. The Morgan fingerprint density at radius 1 is 1.19 bits per heavy atom. The van der Waals surface area contributed by atoms with Gasteiger partial charge in [-0.2, -0.15) is 0 Å². The second kappa shape index (κ2) is 9.07. The van der Waals surface area contributed by atoms with Crippen LogP contribution in [0.2, 0.25) is 0 Å². The zero-order valence-electron chi connectivity index (χ0n) is 15.9. The molecule has 1 aromatic rings. The maximum Gasteiger partial charge on any atom is 0.242 e. The highest BCUT2D eigenvalue weighted by molar-refractivity contribution is 7.92. The number of hydrogen-bond donors (Lipinski definition) is 1. The lowest BCUT2D eigenvalue weighted by Crippen LogP contribution is -2.34. The van der Waals surface area contributed by atoms with Crippen LogP contribution in [0.5, 0.6) is 11.5 Å². The number of fused-ring (bicyclic) bond motifs is 1. The SMILES string of the molecule is C[C@@H](C(=O)Nc1ccc2c(c1)OCCCO2)S(=O)(=O)CCCC(=O)N(C)C. The number of rotatable bonds is 7. The van der Waals surface area contributed by atoms with Crippen molar-refractivity contribution in [1.82, 2.24) is 4.90 Å². The average Bonchev–Trinajstić information content (AvgIpc) is 2.85. The van der Waals surface area contributed by atoms with Gasteiger partial charge in [-0.15, -0.1) is 0 Å². The molecular formula is C18H26N2O6S. The number of nitrogens with one attached hydrogen (secondary N) is 1. The molecule has 0 unspecified atom stereocenters. The molecule has 0 fully saturated rings. The predicted molar refractivity (Wildman–Crippen MR) is 102 cm³/mol. The molecule has 8 nitrogen and oxygen atoms in total. The van der Waals surface area contributed by atoms with E-state index in [1.54, 1.807) is 32.3 Å². The van der Waals surface area contributed by atoms with Crippen molar-refractivity contribution >= 4 is 27.3 Å². The normalized spacial score (nSPS) is 14.8. The van der Waals surface area contributed by atoms with Crippen molar-refractivity contribution in [3.8, 4) is 11.5 Å². The van der Waals surface area contributed by atoms with Crippen LogP contribution in [-0.2, 0) is 19.4 Å². The van der Waals surface area contributed by atoms with E-state index >= 15 is 0 Å². The number of carbonyl (C=O) groups is 2. The van der Waals surface area contributed by atoms with E-state index in [4.69, 9.17) is 9.47 Å². The molecule has 0 bridgehead atoms. The van der Waals surface area contributed by atoms with E-state index in [0.717, 1.165) is 6.42 Å². The Morgan fingerprint density at radius 3 is 2.52 bits per heavy atom. The Balaban J connectivity index is 1.96. The summed E-state index contributed by atoms with van der Waals surface area (Å²) in [7, 11) is -0.436. The molecule has 2 rings (SSSR count). The fourth-order valence-corrected chi connectivity index (χ4v) is 3.76. The fraction of sp³-hybridized carbons (Fsp3) is 0.556. The van der Waals surface area contributed by atoms with Crippen LogP contribution in [0.1, 0.15) is 26.2 Å². The lowest BCUT2D eigenvalue weighted by molar-refractivity contribution is -0.128. The van der Waals surface area contributed by atoms with E-state index < -0.39 is 21.0 Å². The zero-order chi connectivity index (χ0) is 20.0. The van der Waals surface area contributed by atoms with Crippen LogP contribution in [0.4, 0.5) is 5.69 Å². The van der Waals surface area contributed by atoms with Crippen LogP contribution in [-0.4, -0.2) is 63.4 Å². The molecule has 9 heteroatoms. The van der Waals surface area contributed by atoms with Crippen molar-refractivity contribution in [2.24, 2.45) is 0 Å². The van der Waals surface area contributed by atoms with E-state index in [-0.39, 0.29) is 24.5 Å². The molecule has 0 saturated heterocycles. The molecular weight excluding hydrogens is 372 g/mol. The molecule has 150 valence electrons. The standard InChI is InChI=1S/C18H26N2O6S/c1-13(27(23,24)11-4-6-17(21)20(2)3)18(22)19-14-7-8-15-16(12-14)26-10-5-9-25-15/h7-8,12-13H,4-6,9-11H2,1-3H3,(H,19,22)/t13-/m0/s1. The first-order valence-corrected chi connectivity index (χ1v) is 10.5. The third-order valence-corrected chi connectivity index (χ3v) is 6.39. The highest BCUT2D eigenvalue weighted by Crippen LogP contribution is 2.32. The molecule has 27 heavy (non-hydrogen) atoms. The lowest BCUT2D eigenvalue weighted by atomic mass is 10.2. The molecule has 0 aliphatic carbocycles. The van der Waals surface area contributed by atoms with Crippen molar-refractivity contribution in [1.29, 1.82) is 0 Å². The largest absolute Gasteiger partial charge is 0.490 e. The topological polar surface area (TPSA) is 102 Å². The average molecular weight is 398 g/mol. The van der Waals surface area contributed by atoms with Crippen LogP contribution in [0, 0.1) is 0 Å². The minimum Gasteiger partial charge on any atom is -0.490 e. The predicted octanol–water partition coefficient (Wildman–Crippen LogP) is 1.46. The molecule has 0 radical (unpaired) electrons. The van der Waals surface area contributed by atoms with Gasteiger partial charge in [-0.25, -0.2) is 8.42 Å². The first-order valence-electron chi connectivity index (χ1n) is 8.83. The molecule has 0 aromatic heterocycles. The molecule has 1 aliphatic heterocycles. The van der Waals surface area contributed by atoms with Crippen molar-refractivity contribution < 1.29 is 27.5 Å². The number of hydrogen-bond acceptors (Lipinski definition) is 6. The summed E-state index contributed by atoms with van der Waals surface area (Å²) in [6.07, 6.45) is 1.08. The van der Waals surface area contributed by atoms with Gasteiger partial charge in [0.05, 0.1) is 19.0 Å². The van der Waals surface area contributed by atoms with E-state index in [2.05, 4.69) is 5.32 Å². The maximum atomic E-state index is 12.4. The summed E-state index contributed by atoms with van der Waals surface area (Å²) >= 11 is 0. The summed E-state index contributed by atoms with van der Waals surface area (Å²) < 4.78 is 35.8. The molecule has 2 amide bonds. The van der Waals surface area contributed by atoms with Gasteiger partial charge in [-0.1, -0.05) is 0 Å². The maximum absolute atomic E-state index is 12.4. The molecule has 0 saturated carbocycles. The van der Waals surface area contributed by atoms with Gasteiger partial charge in [0.1, 0.15) is 5.25 Å². The second-order valence-electron chi connectivity index (χ2n) is 6.60. The summed E-state index contributed by atoms with van der Waals surface area (Å²) in [6, 6.07) is 4.94. The van der Waals surface area contributed by atoms with Gasteiger partial charge in [-0.05, 0) is 25.5 Å². The van der Waals surface area contributed by atoms with Crippen molar-refractivity contribution in [2.75, 3.05) is 38.4 Å². The van der Waals surface area contributed by atoms with E-state index in [9.17, 15) is 18.0 Å². The number of benzene rings is 1. The second-order valence-corrected chi connectivity index (χ2v) is 9.04. The van der Waals surface area contributed by atoms with Gasteiger partial charge in [-0.3, -0.25) is 9.59 Å². The van der Waals surface area contributed by atoms with Crippen molar-refractivity contribution in [3.05, 3.63) is 18.2 Å². The number of carbonyl (C=O) groups excluding carboxylic acids is 2. The quantitative estimate of drug-likeness (QED) is 0.746. The van der Waals surface area contributed by atoms with Crippen LogP contribution >= 0.6 is 0 Å². The minimum atomic E-state index is -3.66. The lowest BCUT2D eigenvalue weighted by Gasteiger charge is -2.15. The van der Waals surface area contributed by atoms with Gasteiger partial charge >= 0.3 is 0 Å². The van der Waals surface area contributed by atoms with Crippen molar-refractivity contribution in [2.45, 2.75) is 31.4 Å². The third kappa shape index (κ3) is 5.85. The Hall–Kier alpha value is -2.29. The Morgan fingerprint density at radius 2 is 1.85 bits per heavy atom. The molecule has 1 atom stereocenters. The monoisotopic (exact) mass is 398 g/mol. The van der Waals surface area contributed by atoms with Gasteiger partial charge in [0.2, 0.25) is 11.8 Å². The highest BCUT2D eigenvalue weighted by atomic mass is 32.2. The number of nitrogens with zero attached hydrogens (tertiary/aromatic N) is 1. The summed E-state index contributed by atoms with van der Waals surface area (Å²) in [5, 5.41) is 1.39. The van der Waals surface area contributed by atoms with Crippen molar-refractivity contribution in [3.63, 3.8) is 0 Å². The fourth-order valence-electron chi connectivity index (χ4n) is 2.47. The summed E-state index contributed by atoms with van der Waals surface area (Å²) in [4.78, 5) is 25.3. The molecule has 1 heterocycles. The zero-order valence-corrected chi connectivity index (χ0v) is 16.7. The summed E-state index contributed by atoms with van der Waals surface area (Å²) in [5.74, 6) is 0.125. The Kier molecular flexibility index (Phi) is 7.06. The number of sulfone groups is 1. The summed E-state index contributed by atoms with van der Waals surface area (Å²) in [6.45, 7) is 2.42. The number of ether oxygens (including phenoxy) is 2. The van der Waals surface area contributed by atoms with Crippen LogP contribution in [0.25, 0.3) is 0 Å². The number of amides is 2. The van der Waals surface area contributed by atoms with Gasteiger partial charge in [0, 0.05) is 38.7 Å². The van der Waals surface area contributed by atoms with Gasteiger partial charge < -0.3 is 19.7 Å². The molecule has 1 aliphatic rings. The first-order chi connectivity index (χ1) is 12.7. The smallest absolute Gasteiger partial charge is 0.242 e. The molecule has 1 N–H and O–H groups in total. The highest BCUT2D eigenvalue weighted by Gasteiger charge is 2.28. The van der Waals surface area contributed by atoms with Crippen LogP contribution in [0.15, 0.2) is 18.2 Å². The molecule has 0 spiro atoms. The Labute approximate surface area is 159 Å². The Bertz CT molecular complexity index is 791.